The second kappa shape index (κ2) is 10.7. The van der Waals surface area contributed by atoms with Gasteiger partial charge in [0.1, 0.15) is 11.3 Å². The minimum Gasteiger partial charge on any atom is -0.481 e. The number of nitrogens with one attached hydrogen (secondary N) is 1. The van der Waals surface area contributed by atoms with Crippen molar-refractivity contribution in [1.82, 2.24) is 10.3 Å². The number of benzene rings is 3. The van der Waals surface area contributed by atoms with Crippen LogP contribution in [0.15, 0.2) is 71.1 Å². The number of amides is 1. The van der Waals surface area contributed by atoms with E-state index in [2.05, 4.69) is 10.3 Å². The van der Waals surface area contributed by atoms with Crippen molar-refractivity contribution in [2.24, 2.45) is 5.92 Å². The van der Waals surface area contributed by atoms with Gasteiger partial charge in [-0.3, -0.25) is 9.59 Å². The highest BCUT2D eigenvalue weighted by Gasteiger charge is 2.47. The minimum atomic E-state index is -4.27. The van der Waals surface area contributed by atoms with Gasteiger partial charge in [-0.15, -0.1) is 0 Å². The highest BCUT2D eigenvalue weighted by molar-refractivity contribution is 5.94. The van der Waals surface area contributed by atoms with E-state index in [1.165, 1.54) is 12.1 Å². The lowest BCUT2D eigenvalue weighted by molar-refractivity contribution is -0.184. The molecule has 10 heteroatoms. The molecule has 1 aliphatic carbocycles. The van der Waals surface area contributed by atoms with Gasteiger partial charge in [0.15, 0.2) is 5.58 Å². The van der Waals surface area contributed by atoms with E-state index >= 15 is 0 Å². The Balaban J connectivity index is 1.48. The van der Waals surface area contributed by atoms with Gasteiger partial charge in [0.05, 0.1) is 12.3 Å². The minimum absolute atomic E-state index is 0.0175. The molecule has 1 aromatic heterocycles. The first-order valence-electron chi connectivity index (χ1n) is 12.9. The van der Waals surface area contributed by atoms with Crippen molar-refractivity contribution in [3.8, 4) is 11.5 Å². The molecule has 1 heterocycles. The van der Waals surface area contributed by atoms with Crippen LogP contribution in [0.1, 0.15) is 53.6 Å². The summed E-state index contributed by atoms with van der Waals surface area (Å²) in [4.78, 5) is 27.7. The third-order valence-corrected chi connectivity index (χ3v) is 7.66. The van der Waals surface area contributed by atoms with E-state index < -0.39 is 29.4 Å². The van der Waals surface area contributed by atoms with Crippen molar-refractivity contribution < 1.29 is 36.7 Å². The molecule has 0 saturated heterocycles. The Labute approximate surface area is 227 Å². The lowest BCUT2D eigenvalue weighted by Gasteiger charge is -2.41. The molecule has 0 aliphatic heterocycles. The topological polar surface area (TPSA) is 92.4 Å². The summed E-state index contributed by atoms with van der Waals surface area (Å²) in [7, 11) is 0. The molecule has 0 atom stereocenters. The molecule has 2 N–H and O–H groups in total. The van der Waals surface area contributed by atoms with E-state index in [-0.39, 0.29) is 44.5 Å². The lowest BCUT2D eigenvalue weighted by atomic mass is 9.63. The van der Waals surface area contributed by atoms with Crippen molar-refractivity contribution >= 4 is 23.0 Å². The first-order chi connectivity index (χ1) is 19.0. The number of oxazole rings is 1. The number of hydrogen-bond donors (Lipinski definition) is 2. The molecule has 0 bridgehead atoms. The zero-order valence-electron chi connectivity index (χ0n) is 21.3. The molecule has 0 radical (unpaired) electrons. The number of carbonyl (C=O) groups excluding carboxylic acids is 1. The zero-order chi connectivity index (χ0) is 28.5. The molecule has 0 spiro atoms. The lowest BCUT2D eigenvalue weighted by Crippen LogP contribution is -2.37. The SMILES string of the molecule is O=C(O)CCNC(=O)c1ccc(C2(c3ccc4oc(-c5ccc(F)cc5)nc4c3)CCC(C(F)(F)F)CC2)cc1. The van der Waals surface area contributed by atoms with Gasteiger partial charge in [0.25, 0.3) is 5.91 Å². The van der Waals surface area contributed by atoms with Gasteiger partial charge in [-0.1, -0.05) is 18.2 Å². The maximum atomic E-state index is 13.6. The summed E-state index contributed by atoms with van der Waals surface area (Å²) in [6.45, 7) is -0.0175. The Morgan fingerprint density at radius 1 is 0.975 bits per heavy atom. The van der Waals surface area contributed by atoms with Crippen LogP contribution in [0.4, 0.5) is 17.6 Å². The van der Waals surface area contributed by atoms with Gasteiger partial charge in [0, 0.05) is 23.1 Å². The number of carboxylic acids is 1. The largest absolute Gasteiger partial charge is 0.481 e. The van der Waals surface area contributed by atoms with E-state index in [4.69, 9.17) is 9.52 Å². The summed E-state index contributed by atoms with van der Waals surface area (Å²) >= 11 is 0. The van der Waals surface area contributed by atoms with E-state index in [1.807, 2.05) is 12.1 Å². The van der Waals surface area contributed by atoms with E-state index in [9.17, 15) is 27.2 Å². The van der Waals surface area contributed by atoms with Crippen LogP contribution in [-0.4, -0.2) is 34.7 Å². The number of rotatable bonds is 7. The normalized spacial score (nSPS) is 19.4. The van der Waals surface area contributed by atoms with Crippen LogP contribution in [0.3, 0.4) is 0 Å². The third kappa shape index (κ3) is 5.57. The summed E-state index contributed by atoms with van der Waals surface area (Å²) in [6.07, 6.45) is -4.08. The Kier molecular flexibility index (Phi) is 7.35. The maximum Gasteiger partial charge on any atom is 0.391 e. The number of aliphatic carboxylic acids is 1. The molecule has 1 saturated carbocycles. The molecule has 4 aromatic rings. The number of nitrogens with zero attached hydrogens (tertiary/aromatic N) is 1. The monoisotopic (exact) mass is 554 g/mol. The van der Waals surface area contributed by atoms with Crippen LogP contribution in [0.2, 0.25) is 0 Å². The van der Waals surface area contributed by atoms with Crippen LogP contribution in [0.5, 0.6) is 0 Å². The molecule has 1 fully saturated rings. The fourth-order valence-corrected chi connectivity index (χ4v) is 5.45. The third-order valence-electron chi connectivity index (χ3n) is 7.66. The molecule has 0 unspecified atom stereocenters. The average Bonchev–Trinajstić information content (AvgIpc) is 3.36. The predicted molar refractivity (Wildman–Crippen MR) is 139 cm³/mol. The molecular formula is C30H26F4N2O4. The molecular weight excluding hydrogens is 528 g/mol. The fourth-order valence-electron chi connectivity index (χ4n) is 5.45. The molecule has 3 aromatic carbocycles. The van der Waals surface area contributed by atoms with Gasteiger partial charge in [0.2, 0.25) is 5.89 Å². The molecule has 5 rings (SSSR count). The van der Waals surface area contributed by atoms with Gasteiger partial charge in [-0.2, -0.15) is 13.2 Å². The number of hydrogen-bond acceptors (Lipinski definition) is 4. The summed E-state index contributed by atoms with van der Waals surface area (Å²) in [5, 5.41) is 11.3. The molecule has 1 aliphatic rings. The van der Waals surface area contributed by atoms with Crippen molar-refractivity contribution in [1.29, 1.82) is 0 Å². The highest BCUT2D eigenvalue weighted by atomic mass is 19.4. The van der Waals surface area contributed by atoms with E-state index in [0.29, 0.717) is 28.1 Å². The summed E-state index contributed by atoms with van der Waals surface area (Å²) in [5.41, 5.74) is 2.76. The number of alkyl halides is 3. The number of halogens is 4. The summed E-state index contributed by atoms with van der Waals surface area (Å²) in [6, 6.07) is 17.8. The van der Waals surface area contributed by atoms with Gasteiger partial charge in [-0.05, 0) is 85.3 Å². The smallest absolute Gasteiger partial charge is 0.391 e. The highest BCUT2D eigenvalue weighted by Crippen LogP contribution is 2.50. The molecule has 208 valence electrons. The number of aromatic nitrogens is 1. The van der Waals surface area contributed by atoms with Crippen LogP contribution in [0, 0.1) is 11.7 Å². The van der Waals surface area contributed by atoms with Gasteiger partial charge < -0.3 is 14.8 Å². The van der Waals surface area contributed by atoms with E-state index in [0.717, 1.165) is 11.1 Å². The van der Waals surface area contributed by atoms with E-state index in [1.54, 1.807) is 42.5 Å². The Morgan fingerprint density at radius 3 is 2.25 bits per heavy atom. The first kappa shape index (κ1) is 27.4. The second-order valence-electron chi connectivity index (χ2n) is 10.1. The van der Waals surface area contributed by atoms with Crippen molar-refractivity contribution in [2.45, 2.75) is 43.7 Å². The molecule has 40 heavy (non-hydrogen) atoms. The second-order valence-corrected chi connectivity index (χ2v) is 10.1. The Morgan fingerprint density at radius 2 is 1.62 bits per heavy atom. The number of fused-ring (bicyclic) bond motifs is 1. The van der Waals surface area contributed by atoms with Crippen LogP contribution in [-0.2, 0) is 10.2 Å². The summed E-state index contributed by atoms with van der Waals surface area (Å²) in [5.74, 6) is -2.93. The fraction of sp³-hybridized carbons (Fsp3) is 0.300. The van der Waals surface area contributed by atoms with Crippen LogP contribution < -0.4 is 5.32 Å². The zero-order valence-corrected chi connectivity index (χ0v) is 21.3. The molecule has 1 amide bonds. The Bertz CT molecular complexity index is 1520. The standard InChI is InChI=1S/C30H26F4N2O4/c31-23-8-3-19(4-9-23)28-36-24-17-22(7-10-25(24)40-28)29(14-11-21(12-15-29)30(32,33)34)20-5-1-18(2-6-20)27(39)35-16-13-26(37)38/h1-10,17,21H,11-16H2,(H,35,39)(H,37,38). The molecule has 6 nitrogen and oxygen atoms in total. The predicted octanol–water partition coefficient (Wildman–Crippen LogP) is 6.88. The van der Waals surface area contributed by atoms with Crippen molar-refractivity contribution in [2.75, 3.05) is 6.54 Å². The number of carbonyl (C=O) groups is 2. The van der Waals surface area contributed by atoms with Crippen LogP contribution in [0.25, 0.3) is 22.6 Å². The quantitative estimate of drug-likeness (QED) is 0.243. The first-order valence-corrected chi connectivity index (χ1v) is 12.9. The van der Waals surface area contributed by atoms with Gasteiger partial charge in [-0.25, -0.2) is 9.37 Å². The Hall–Kier alpha value is -4.21. The van der Waals surface area contributed by atoms with Gasteiger partial charge >= 0.3 is 12.1 Å². The van der Waals surface area contributed by atoms with Crippen molar-refractivity contribution in [3.05, 3.63) is 89.2 Å². The van der Waals surface area contributed by atoms with Crippen LogP contribution >= 0.6 is 0 Å². The average molecular weight is 555 g/mol. The number of carboxylic acid groups (broad SMARTS) is 1. The van der Waals surface area contributed by atoms with Crippen molar-refractivity contribution in [3.63, 3.8) is 0 Å². The summed E-state index contributed by atoms with van der Waals surface area (Å²) < 4.78 is 59.9. The maximum absolute atomic E-state index is 13.6.